The van der Waals surface area contributed by atoms with E-state index in [2.05, 4.69) is 33.2 Å². The van der Waals surface area contributed by atoms with Gasteiger partial charge in [-0.15, -0.1) is 22.7 Å². The molecule has 0 radical (unpaired) electrons. The van der Waals surface area contributed by atoms with E-state index in [9.17, 15) is 9.59 Å². The van der Waals surface area contributed by atoms with Crippen molar-refractivity contribution >= 4 is 38.9 Å². The summed E-state index contributed by atoms with van der Waals surface area (Å²) in [6.45, 7) is 9.58. The first kappa shape index (κ1) is 19.7. The number of nitrogens with zero attached hydrogens (tertiary/aromatic N) is 2. The van der Waals surface area contributed by atoms with E-state index in [0.717, 1.165) is 13.1 Å². The third-order valence-corrected chi connectivity index (χ3v) is 6.60. The fourth-order valence-corrected chi connectivity index (χ4v) is 4.86. The Bertz CT molecular complexity index is 992. The molecule has 3 rings (SSSR count). The van der Waals surface area contributed by atoms with Gasteiger partial charge in [-0.05, 0) is 44.3 Å². The number of aromatic nitrogens is 2. The number of carbonyl (C=O) groups excluding carboxylic acids is 1. The molecular formula is C19H23N3O3S2. The lowest BCUT2D eigenvalue weighted by molar-refractivity contribution is 0.0531. The Kier molecular flexibility index (Phi) is 6.08. The Hall–Kier alpha value is -2.03. The van der Waals surface area contributed by atoms with Crippen LogP contribution in [-0.2, 0) is 11.3 Å². The third-order valence-electron chi connectivity index (χ3n) is 4.57. The molecule has 0 saturated carbocycles. The molecule has 0 fully saturated rings. The molecule has 27 heavy (non-hydrogen) atoms. The predicted octanol–water partition coefficient (Wildman–Crippen LogP) is 4.11. The molecule has 0 spiro atoms. The highest BCUT2D eigenvalue weighted by molar-refractivity contribution is 7.20. The molecule has 1 atom stereocenters. The first-order valence-electron chi connectivity index (χ1n) is 8.93. The van der Waals surface area contributed by atoms with Crippen LogP contribution in [0.4, 0.5) is 0 Å². The molecule has 3 aromatic rings. The van der Waals surface area contributed by atoms with Crippen LogP contribution in [0.1, 0.15) is 52.7 Å². The van der Waals surface area contributed by atoms with Gasteiger partial charge in [0.25, 0.3) is 5.56 Å². The van der Waals surface area contributed by atoms with Gasteiger partial charge in [-0.25, -0.2) is 9.78 Å². The van der Waals surface area contributed by atoms with Gasteiger partial charge in [0, 0.05) is 11.4 Å². The maximum Gasteiger partial charge on any atom is 0.348 e. The van der Waals surface area contributed by atoms with Crippen molar-refractivity contribution in [2.75, 3.05) is 13.2 Å². The zero-order valence-electron chi connectivity index (χ0n) is 15.9. The summed E-state index contributed by atoms with van der Waals surface area (Å²) in [5.41, 5.74) is 0.422. The molecule has 8 heteroatoms. The van der Waals surface area contributed by atoms with Crippen molar-refractivity contribution in [1.82, 2.24) is 14.9 Å². The van der Waals surface area contributed by atoms with Crippen molar-refractivity contribution in [3.63, 3.8) is 0 Å². The number of fused-ring (bicyclic) bond motifs is 1. The van der Waals surface area contributed by atoms with Gasteiger partial charge in [0.2, 0.25) is 0 Å². The Balaban J connectivity index is 1.97. The second kappa shape index (κ2) is 8.33. The maximum atomic E-state index is 12.7. The smallest absolute Gasteiger partial charge is 0.348 e. The summed E-state index contributed by atoms with van der Waals surface area (Å²) in [5, 5.41) is 2.53. The number of rotatable bonds is 7. The van der Waals surface area contributed by atoms with Gasteiger partial charge in [-0.1, -0.05) is 13.0 Å². The number of aryl methyl sites for hydroxylation is 1. The molecule has 3 heterocycles. The topological polar surface area (TPSA) is 75.3 Å². The molecule has 6 nitrogen and oxygen atoms in total. The molecule has 0 aromatic carbocycles. The van der Waals surface area contributed by atoms with Gasteiger partial charge in [0.15, 0.2) is 0 Å². The van der Waals surface area contributed by atoms with Crippen LogP contribution in [0, 0.1) is 6.92 Å². The van der Waals surface area contributed by atoms with E-state index in [-0.39, 0.29) is 11.6 Å². The van der Waals surface area contributed by atoms with Crippen LogP contribution in [0.2, 0.25) is 0 Å². The van der Waals surface area contributed by atoms with Crippen molar-refractivity contribution in [3.05, 3.63) is 49.0 Å². The summed E-state index contributed by atoms with van der Waals surface area (Å²) in [6, 6.07) is 4.09. The average Bonchev–Trinajstić information content (AvgIpc) is 3.27. The lowest BCUT2D eigenvalue weighted by Crippen LogP contribution is -2.29. The summed E-state index contributed by atoms with van der Waals surface area (Å²) in [7, 11) is 0. The summed E-state index contributed by atoms with van der Waals surface area (Å²) < 4.78 is 5.09. The minimum atomic E-state index is -0.403. The lowest BCUT2D eigenvalue weighted by Gasteiger charge is -2.26. The van der Waals surface area contributed by atoms with Gasteiger partial charge < -0.3 is 9.72 Å². The standard InChI is InChI=1S/C19H23N3O3S2/c1-5-22(10-13-8-7-9-26-13)12(4)16-20-17(23)14-11(3)15(19(24)25-6-2)27-18(14)21-16/h7-9,12H,5-6,10H2,1-4H3,(H,20,21,23). The van der Waals surface area contributed by atoms with Crippen LogP contribution in [-0.4, -0.2) is 34.0 Å². The highest BCUT2D eigenvalue weighted by Gasteiger charge is 2.23. The van der Waals surface area contributed by atoms with Crippen molar-refractivity contribution in [2.45, 2.75) is 40.3 Å². The molecule has 1 unspecified atom stereocenters. The maximum absolute atomic E-state index is 12.7. The van der Waals surface area contributed by atoms with Crippen LogP contribution in [0.15, 0.2) is 22.3 Å². The van der Waals surface area contributed by atoms with Gasteiger partial charge in [0.05, 0.1) is 18.0 Å². The number of H-pyrrole nitrogens is 1. The zero-order valence-corrected chi connectivity index (χ0v) is 17.5. The van der Waals surface area contributed by atoms with Crippen molar-refractivity contribution in [3.8, 4) is 0 Å². The molecule has 0 saturated heterocycles. The van der Waals surface area contributed by atoms with Crippen LogP contribution in [0.25, 0.3) is 10.2 Å². The number of carbonyl (C=O) groups is 1. The van der Waals surface area contributed by atoms with E-state index in [1.165, 1.54) is 16.2 Å². The van der Waals surface area contributed by atoms with Crippen LogP contribution >= 0.6 is 22.7 Å². The largest absolute Gasteiger partial charge is 0.462 e. The molecule has 0 bridgehead atoms. The van der Waals surface area contributed by atoms with Gasteiger partial charge >= 0.3 is 5.97 Å². The second-order valence-corrected chi connectivity index (χ2v) is 8.26. The van der Waals surface area contributed by atoms with E-state index in [4.69, 9.17) is 4.74 Å². The third kappa shape index (κ3) is 3.97. The van der Waals surface area contributed by atoms with Crippen molar-refractivity contribution in [1.29, 1.82) is 0 Å². The van der Waals surface area contributed by atoms with E-state index in [1.807, 2.05) is 13.0 Å². The minimum Gasteiger partial charge on any atom is -0.462 e. The number of hydrogen-bond donors (Lipinski definition) is 1. The summed E-state index contributed by atoms with van der Waals surface area (Å²) >= 11 is 2.93. The summed E-state index contributed by atoms with van der Waals surface area (Å²) in [4.78, 5) is 37.0. The number of esters is 1. The fraction of sp³-hybridized carbons (Fsp3) is 0.421. The molecule has 0 aliphatic carbocycles. The number of nitrogens with one attached hydrogen (secondary N) is 1. The van der Waals surface area contributed by atoms with E-state index >= 15 is 0 Å². The summed E-state index contributed by atoms with van der Waals surface area (Å²) in [6.07, 6.45) is 0. The Morgan fingerprint density at radius 3 is 2.81 bits per heavy atom. The molecule has 0 aliphatic rings. The van der Waals surface area contributed by atoms with E-state index in [1.54, 1.807) is 25.2 Å². The highest BCUT2D eigenvalue weighted by atomic mass is 32.1. The Labute approximate surface area is 165 Å². The Morgan fingerprint density at radius 2 is 2.19 bits per heavy atom. The van der Waals surface area contributed by atoms with Crippen LogP contribution < -0.4 is 5.56 Å². The molecular weight excluding hydrogens is 382 g/mol. The second-order valence-electron chi connectivity index (χ2n) is 6.23. The lowest BCUT2D eigenvalue weighted by atomic mass is 10.2. The molecule has 3 aromatic heterocycles. The summed E-state index contributed by atoms with van der Waals surface area (Å²) in [5.74, 6) is 0.211. The number of aromatic amines is 1. The molecule has 144 valence electrons. The zero-order chi connectivity index (χ0) is 19.6. The fourth-order valence-electron chi connectivity index (χ4n) is 3.05. The van der Waals surface area contributed by atoms with Crippen LogP contribution in [0.3, 0.4) is 0 Å². The van der Waals surface area contributed by atoms with Gasteiger partial charge in [-0.3, -0.25) is 9.69 Å². The number of ether oxygens (including phenoxy) is 1. The van der Waals surface area contributed by atoms with Crippen molar-refractivity contribution in [2.24, 2.45) is 0 Å². The van der Waals surface area contributed by atoms with Crippen molar-refractivity contribution < 1.29 is 9.53 Å². The number of thiophene rings is 2. The van der Waals surface area contributed by atoms with Gasteiger partial charge in [-0.2, -0.15) is 0 Å². The minimum absolute atomic E-state index is 0.0531. The number of hydrogen-bond acceptors (Lipinski definition) is 7. The van der Waals surface area contributed by atoms with Gasteiger partial charge in [0.1, 0.15) is 15.5 Å². The first-order chi connectivity index (χ1) is 13.0. The average molecular weight is 406 g/mol. The molecule has 0 amide bonds. The van der Waals surface area contributed by atoms with E-state index < -0.39 is 5.97 Å². The normalized spacial score (nSPS) is 12.6. The van der Waals surface area contributed by atoms with E-state index in [0.29, 0.717) is 33.1 Å². The molecule has 1 N–H and O–H groups in total. The van der Waals surface area contributed by atoms with Crippen LogP contribution in [0.5, 0.6) is 0 Å². The molecule has 0 aliphatic heterocycles. The quantitative estimate of drug-likeness (QED) is 0.599. The highest BCUT2D eigenvalue weighted by Crippen LogP contribution is 2.29. The Morgan fingerprint density at radius 1 is 1.41 bits per heavy atom. The SMILES string of the molecule is CCOC(=O)c1sc2nc(C(C)N(CC)Cc3cccs3)[nH]c(=O)c2c1C. The predicted molar refractivity (Wildman–Crippen MR) is 110 cm³/mol. The first-order valence-corrected chi connectivity index (χ1v) is 10.6. The monoisotopic (exact) mass is 405 g/mol.